The molecule has 0 N–H and O–H groups in total. The molecule has 2 heterocycles. The van der Waals surface area contributed by atoms with E-state index < -0.39 is 0 Å². The van der Waals surface area contributed by atoms with Crippen LogP contribution in [0.5, 0.6) is 0 Å². The highest BCUT2D eigenvalue weighted by atomic mass is 32.1. The molecule has 3 aromatic rings. The number of imidazole rings is 1. The summed E-state index contributed by atoms with van der Waals surface area (Å²) in [4.78, 5) is 5.70. The second-order valence-corrected chi connectivity index (χ2v) is 6.31. The molecule has 0 amide bonds. The van der Waals surface area contributed by atoms with Crippen LogP contribution >= 0.6 is 11.3 Å². The number of nitrogens with zero attached hydrogens (tertiary/aromatic N) is 2. The fourth-order valence-electron chi connectivity index (χ4n) is 2.59. The molecule has 1 aromatic carbocycles. The van der Waals surface area contributed by atoms with Crippen molar-refractivity contribution < 1.29 is 9.13 Å². The van der Waals surface area contributed by atoms with E-state index >= 15 is 0 Å². The topological polar surface area (TPSA) is 27.1 Å². The van der Waals surface area contributed by atoms with Crippen molar-refractivity contribution in [2.24, 2.45) is 0 Å². The number of thiophene rings is 1. The van der Waals surface area contributed by atoms with Gasteiger partial charge in [-0.3, -0.25) is 0 Å². The monoisotopic (exact) mass is 330 g/mol. The van der Waals surface area contributed by atoms with Gasteiger partial charge in [0, 0.05) is 12.2 Å². The Morgan fingerprint density at radius 1 is 1.30 bits per heavy atom. The summed E-state index contributed by atoms with van der Waals surface area (Å²) in [5.41, 5.74) is 3.99. The standard InChI is InChI=1S/C18H19FN2OS/c1-4-22-13(3)21-11-20-17(16-9-12(2)10-23-16)18(21)14-5-7-15(19)8-6-14/h5-11,13H,4H2,1-3H3. The molecule has 2 aromatic heterocycles. The van der Waals surface area contributed by atoms with E-state index in [1.54, 1.807) is 29.8 Å². The largest absolute Gasteiger partial charge is 0.359 e. The quantitative estimate of drug-likeness (QED) is 0.636. The van der Waals surface area contributed by atoms with Crippen LogP contribution in [-0.4, -0.2) is 16.2 Å². The Balaban J connectivity index is 2.15. The van der Waals surface area contributed by atoms with E-state index in [1.807, 2.05) is 18.4 Å². The molecule has 0 aliphatic carbocycles. The number of aryl methyl sites for hydroxylation is 1. The fourth-order valence-corrected chi connectivity index (χ4v) is 3.48. The van der Waals surface area contributed by atoms with Crippen molar-refractivity contribution in [2.75, 3.05) is 6.61 Å². The molecule has 0 aliphatic rings. The van der Waals surface area contributed by atoms with Gasteiger partial charge in [0.05, 0.1) is 16.9 Å². The van der Waals surface area contributed by atoms with Crippen LogP contribution in [0.2, 0.25) is 0 Å². The van der Waals surface area contributed by atoms with Crippen LogP contribution in [0.1, 0.15) is 25.6 Å². The minimum absolute atomic E-state index is 0.137. The van der Waals surface area contributed by atoms with Gasteiger partial charge < -0.3 is 9.30 Å². The normalized spacial score (nSPS) is 12.5. The second kappa shape index (κ2) is 6.64. The van der Waals surface area contributed by atoms with Crippen LogP contribution < -0.4 is 0 Å². The molecule has 3 rings (SSSR count). The molecule has 0 saturated heterocycles. The zero-order chi connectivity index (χ0) is 16.4. The van der Waals surface area contributed by atoms with Crippen LogP contribution in [-0.2, 0) is 4.74 Å². The van der Waals surface area contributed by atoms with Crippen LogP contribution in [0.3, 0.4) is 0 Å². The molecule has 3 nitrogen and oxygen atoms in total. The van der Waals surface area contributed by atoms with Crippen molar-refractivity contribution in [3.05, 3.63) is 53.4 Å². The SMILES string of the molecule is CCOC(C)n1cnc(-c2cc(C)cs2)c1-c1ccc(F)cc1. The summed E-state index contributed by atoms with van der Waals surface area (Å²) in [6, 6.07) is 8.63. The van der Waals surface area contributed by atoms with E-state index in [-0.39, 0.29) is 12.0 Å². The van der Waals surface area contributed by atoms with Crippen molar-refractivity contribution in [3.63, 3.8) is 0 Å². The summed E-state index contributed by atoms with van der Waals surface area (Å²) in [6.45, 7) is 6.64. The average molecular weight is 330 g/mol. The Morgan fingerprint density at radius 3 is 2.65 bits per heavy atom. The lowest BCUT2D eigenvalue weighted by Crippen LogP contribution is -2.09. The van der Waals surface area contributed by atoms with Crippen molar-refractivity contribution in [1.82, 2.24) is 9.55 Å². The van der Waals surface area contributed by atoms with Crippen LogP contribution in [0.25, 0.3) is 21.8 Å². The van der Waals surface area contributed by atoms with Crippen molar-refractivity contribution in [1.29, 1.82) is 0 Å². The van der Waals surface area contributed by atoms with E-state index in [9.17, 15) is 4.39 Å². The first kappa shape index (κ1) is 15.9. The highest BCUT2D eigenvalue weighted by Gasteiger charge is 2.19. The maximum absolute atomic E-state index is 13.3. The van der Waals surface area contributed by atoms with E-state index in [0.29, 0.717) is 6.61 Å². The number of aromatic nitrogens is 2. The molecule has 1 atom stereocenters. The smallest absolute Gasteiger partial charge is 0.132 e. The van der Waals surface area contributed by atoms with Gasteiger partial charge in [-0.15, -0.1) is 11.3 Å². The van der Waals surface area contributed by atoms with E-state index in [2.05, 4.69) is 23.4 Å². The van der Waals surface area contributed by atoms with Gasteiger partial charge in [0.2, 0.25) is 0 Å². The zero-order valence-corrected chi connectivity index (χ0v) is 14.2. The summed E-state index contributed by atoms with van der Waals surface area (Å²) in [6.07, 6.45) is 1.66. The molecule has 0 aliphatic heterocycles. The molecule has 0 bridgehead atoms. The Morgan fingerprint density at radius 2 is 2.04 bits per heavy atom. The summed E-state index contributed by atoms with van der Waals surface area (Å²) in [5, 5.41) is 2.11. The Hall–Kier alpha value is -1.98. The van der Waals surface area contributed by atoms with Crippen LogP contribution in [0, 0.1) is 12.7 Å². The third-order valence-electron chi connectivity index (χ3n) is 3.67. The highest BCUT2D eigenvalue weighted by molar-refractivity contribution is 7.13. The van der Waals surface area contributed by atoms with Gasteiger partial charge in [-0.25, -0.2) is 9.37 Å². The van der Waals surface area contributed by atoms with E-state index in [4.69, 9.17) is 4.74 Å². The molecule has 1 unspecified atom stereocenters. The van der Waals surface area contributed by atoms with E-state index in [1.165, 1.54) is 17.7 Å². The van der Waals surface area contributed by atoms with Crippen LogP contribution in [0.15, 0.2) is 42.0 Å². The molecule has 120 valence electrons. The molecule has 23 heavy (non-hydrogen) atoms. The molecular weight excluding hydrogens is 311 g/mol. The maximum atomic E-state index is 13.3. The number of halogens is 1. The first-order valence-electron chi connectivity index (χ1n) is 7.60. The lowest BCUT2D eigenvalue weighted by Gasteiger charge is -2.17. The lowest BCUT2D eigenvalue weighted by molar-refractivity contribution is 0.0259. The third kappa shape index (κ3) is 3.21. The zero-order valence-electron chi connectivity index (χ0n) is 13.4. The first-order chi connectivity index (χ1) is 11.1. The Bertz CT molecular complexity index is 792. The predicted molar refractivity (Wildman–Crippen MR) is 92.0 cm³/mol. The average Bonchev–Trinajstić information content (AvgIpc) is 3.14. The molecular formula is C18H19FN2OS. The van der Waals surface area contributed by atoms with Gasteiger partial charge in [-0.05, 0) is 62.0 Å². The second-order valence-electron chi connectivity index (χ2n) is 5.40. The Labute approximate surface area is 139 Å². The summed E-state index contributed by atoms with van der Waals surface area (Å²) < 4.78 is 21.0. The van der Waals surface area contributed by atoms with Gasteiger partial charge in [-0.1, -0.05) is 0 Å². The number of benzene rings is 1. The van der Waals surface area contributed by atoms with Crippen molar-refractivity contribution in [2.45, 2.75) is 27.0 Å². The minimum atomic E-state index is -0.244. The fraction of sp³-hybridized carbons (Fsp3) is 0.278. The summed E-state index contributed by atoms with van der Waals surface area (Å²) in [5.74, 6) is -0.244. The predicted octanol–water partition coefficient (Wildman–Crippen LogP) is 5.28. The third-order valence-corrected chi connectivity index (χ3v) is 4.73. The maximum Gasteiger partial charge on any atom is 0.132 e. The van der Waals surface area contributed by atoms with Gasteiger partial charge in [-0.2, -0.15) is 0 Å². The number of hydrogen-bond acceptors (Lipinski definition) is 3. The molecule has 0 radical (unpaired) electrons. The van der Waals surface area contributed by atoms with E-state index in [0.717, 1.165) is 21.8 Å². The Kier molecular flexibility index (Phi) is 4.59. The van der Waals surface area contributed by atoms with Crippen molar-refractivity contribution in [3.8, 4) is 21.8 Å². The van der Waals surface area contributed by atoms with Crippen molar-refractivity contribution >= 4 is 11.3 Å². The number of hydrogen-bond donors (Lipinski definition) is 0. The highest BCUT2D eigenvalue weighted by Crippen LogP contribution is 2.36. The summed E-state index contributed by atoms with van der Waals surface area (Å²) >= 11 is 1.66. The molecule has 0 fully saturated rings. The number of rotatable bonds is 5. The summed E-state index contributed by atoms with van der Waals surface area (Å²) in [7, 11) is 0. The minimum Gasteiger partial charge on any atom is -0.359 e. The van der Waals surface area contributed by atoms with Gasteiger partial charge in [0.15, 0.2) is 0 Å². The van der Waals surface area contributed by atoms with Gasteiger partial charge >= 0.3 is 0 Å². The van der Waals surface area contributed by atoms with Crippen LogP contribution in [0.4, 0.5) is 4.39 Å². The van der Waals surface area contributed by atoms with Gasteiger partial charge in [0.25, 0.3) is 0 Å². The first-order valence-corrected chi connectivity index (χ1v) is 8.48. The molecule has 0 spiro atoms. The molecule has 5 heteroatoms. The molecule has 0 saturated carbocycles. The number of ether oxygens (including phenoxy) is 1. The lowest BCUT2D eigenvalue weighted by atomic mass is 10.1. The van der Waals surface area contributed by atoms with Gasteiger partial charge in [0.1, 0.15) is 17.7 Å².